The van der Waals surface area contributed by atoms with E-state index >= 15 is 0 Å². The Bertz CT molecular complexity index is 518. The van der Waals surface area contributed by atoms with Crippen LogP contribution in [0.2, 0.25) is 0 Å². The van der Waals surface area contributed by atoms with Crippen LogP contribution in [0.4, 0.5) is 0 Å². The van der Waals surface area contributed by atoms with E-state index in [2.05, 4.69) is 74.5 Å². The molecule has 0 aliphatic carbocycles. The zero-order valence-corrected chi connectivity index (χ0v) is 11.9. The van der Waals surface area contributed by atoms with Gasteiger partial charge in [-0.05, 0) is 30.0 Å². The quantitative estimate of drug-likeness (QED) is 0.604. The molecule has 0 heteroatoms. The van der Waals surface area contributed by atoms with E-state index in [0.29, 0.717) is 0 Å². The fourth-order valence-electron chi connectivity index (χ4n) is 2.20. The smallest absolute Gasteiger partial charge is 0.0151 e. The normalized spacial score (nSPS) is 11.6. The maximum Gasteiger partial charge on any atom is -0.0151 e. The second-order valence-corrected chi connectivity index (χ2v) is 4.99. The van der Waals surface area contributed by atoms with Gasteiger partial charge in [-0.1, -0.05) is 86.0 Å². The molecule has 2 aromatic rings. The van der Waals surface area contributed by atoms with Crippen molar-refractivity contribution in [1.82, 2.24) is 0 Å². The van der Waals surface area contributed by atoms with E-state index in [0.717, 1.165) is 6.42 Å². The highest BCUT2D eigenvalue weighted by molar-refractivity contribution is 5.79. The average Bonchev–Trinajstić information content (AvgIpc) is 2.46. The summed E-state index contributed by atoms with van der Waals surface area (Å²) in [7, 11) is 0. The Balaban J connectivity index is 2.34. The Hall–Kier alpha value is -1.82. The molecule has 98 valence electrons. The molecule has 0 aliphatic rings. The lowest BCUT2D eigenvalue weighted by Crippen LogP contribution is -1.88. The standard InChI is InChI=1S/C19H22/c1-3-4-6-11-19(17-9-7-5-8-10-17)18-14-12-16(2)13-15-18/h5,7-15H,3-4,6H2,1-2H3/b19-11+. The van der Waals surface area contributed by atoms with Gasteiger partial charge >= 0.3 is 0 Å². The van der Waals surface area contributed by atoms with E-state index in [1.54, 1.807) is 0 Å². The van der Waals surface area contributed by atoms with E-state index in [4.69, 9.17) is 0 Å². The number of allylic oxidation sites excluding steroid dienone is 1. The molecule has 0 radical (unpaired) electrons. The summed E-state index contributed by atoms with van der Waals surface area (Å²) in [6.45, 7) is 4.37. The van der Waals surface area contributed by atoms with Crippen LogP contribution in [-0.2, 0) is 0 Å². The Morgan fingerprint density at radius 3 is 2.16 bits per heavy atom. The van der Waals surface area contributed by atoms with Crippen molar-refractivity contribution in [2.24, 2.45) is 0 Å². The van der Waals surface area contributed by atoms with Crippen molar-refractivity contribution in [2.45, 2.75) is 33.1 Å². The zero-order valence-electron chi connectivity index (χ0n) is 11.9. The molecule has 0 fully saturated rings. The summed E-state index contributed by atoms with van der Waals surface area (Å²) in [5.41, 5.74) is 5.29. The first-order valence-corrected chi connectivity index (χ1v) is 7.14. The first-order chi connectivity index (χ1) is 9.31. The van der Waals surface area contributed by atoms with Crippen LogP contribution < -0.4 is 0 Å². The predicted octanol–water partition coefficient (Wildman–Crippen LogP) is 5.62. The lowest BCUT2D eigenvalue weighted by atomic mass is 9.96. The summed E-state index contributed by atoms with van der Waals surface area (Å²) in [4.78, 5) is 0. The molecule has 0 saturated heterocycles. The van der Waals surface area contributed by atoms with Gasteiger partial charge in [0.2, 0.25) is 0 Å². The predicted molar refractivity (Wildman–Crippen MR) is 84.2 cm³/mol. The van der Waals surface area contributed by atoms with Crippen LogP contribution in [0.25, 0.3) is 5.57 Å². The molecule has 2 rings (SSSR count). The highest BCUT2D eigenvalue weighted by Crippen LogP contribution is 2.24. The van der Waals surface area contributed by atoms with Gasteiger partial charge in [0.05, 0.1) is 0 Å². The molecular formula is C19H22. The van der Waals surface area contributed by atoms with E-state index in [1.807, 2.05) is 0 Å². The molecule has 0 nitrogen and oxygen atoms in total. The molecule has 19 heavy (non-hydrogen) atoms. The Kier molecular flexibility index (Phi) is 4.97. The molecule has 0 bridgehead atoms. The SMILES string of the molecule is CCCC/C=C(\c1ccccc1)c1ccc(C)cc1. The molecule has 0 atom stereocenters. The minimum Gasteiger partial charge on any atom is -0.0761 e. The summed E-state index contributed by atoms with van der Waals surface area (Å²) >= 11 is 0. The van der Waals surface area contributed by atoms with Crippen LogP contribution >= 0.6 is 0 Å². The van der Waals surface area contributed by atoms with Gasteiger partial charge in [0.15, 0.2) is 0 Å². The molecule has 0 amide bonds. The average molecular weight is 250 g/mol. The van der Waals surface area contributed by atoms with Gasteiger partial charge in [0.25, 0.3) is 0 Å². The third-order valence-corrected chi connectivity index (χ3v) is 3.35. The maximum absolute atomic E-state index is 2.38. The van der Waals surface area contributed by atoms with E-state index in [1.165, 1.54) is 35.1 Å². The number of rotatable bonds is 5. The maximum atomic E-state index is 2.38. The van der Waals surface area contributed by atoms with Gasteiger partial charge in [-0.3, -0.25) is 0 Å². The summed E-state index contributed by atoms with van der Waals surface area (Å²) in [6.07, 6.45) is 6.02. The highest BCUT2D eigenvalue weighted by Gasteiger charge is 2.03. The first-order valence-electron chi connectivity index (χ1n) is 7.14. The van der Waals surface area contributed by atoms with Crippen LogP contribution in [0, 0.1) is 6.92 Å². The third kappa shape index (κ3) is 3.82. The molecule has 0 unspecified atom stereocenters. The van der Waals surface area contributed by atoms with Crippen molar-refractivity contribution in [3.8, 4) is 0 Å². The van der Waals surface area contributed by atoms with E-state index in [-0.39, 0.29) is 0 Å². The fourth-order valence-corrected chi connectivity index (χ4v) is 2.20. The van der Waals surface area contributed by atoms with Crippen LogP contribution in [0.1, 0.15) is 42.9 Å². The first kappa shape index (κ1) is 13.6. The van der Waals surface area contributed by atoms with Crippen molar-refractivity contribution in [2.75, 3.05) is 0 Å². The van der Waals surface area contributed by atoms with E-state index in [9.17, 15) is 0 Å². The number of hydrogen-bond acceptors (Lipinski definition) is 0. The second-order valence-electron chi connectivity index (χ2n) is 4.99. The van der Waals surface area contributed by atoms with Gasteiger partial charge in [0.1, 0.15) is 0 Å². The molecule has 0 aromatic heterocycles. The van der Waals surface area contributed by atoms with Crippen LogP contribution in [0.3, 0.4) is 0 Å². The molecule has 0 N–H and O–H groups in total. The molecule has 0 saturated carbocycles. The minimum absolute atomic E-state index is 1.15. The van der Waals surface area contributed by atoms with Crippen molar-refractivity contribution in [3.05, 3.63) is 77.4 Å². The van der Waals surface area contributed by atoms with Gasteiger partial charge in [-0.25, -0.2) is 0 Å². The second kappa shape index (κ2) is 6.94. The largest absolute Gasteiger partial charge is 0.0761 e. The van der Waals surface area contributed by atoms with Gasteiger partial charge in [0, 0.05) is 0 Å². The van der Waals surface area contributed by atoms with Gasteiger partial charge in [-0.2, -0.15) is 0 Å². The van der Waals surface area contributed by atoms with Crippen LogP contribution in [-0.4, -0.2) is 0 Å². The van der Waals surface area contributed by atoms with Crippen molar-refractivity contribution < 1.29 is 0 Å². The monoisotopic (exact) mass is 250 g/mol. The number of aryl methyl sites for hydroxylation is 1. The van der Waals surface area contributed by atoms with Crippen LogP contribution in [0.15, 0.2) is 60.7 Å². The number of unbranched alkanes of at least 4 members (excludes halogenated alkanes) is 2. The molecule has 0 spiro atoms. The number of benzene rings is 2. The van der Waals surface area contributed by atoms with Crippen molar-refractivity contribution in [3.63, 3.8) is 0 Å². The summed E-state index contributed by atoms with van der Waals surface area (Å²) in [6, 6.07) is 19.5. The van der Waals surface area contributed by atoms with Crippen LogP contribution in [0.5, 0.6) is 0 Å². The zero-order chi connectivity index (χ0) is 13.5. The summed E-state index contributed by atoms with van der Waals surface area (Å²) in [5.74, 6) is 0. The Labute approximate surface area is 116 Å². The lowest BCUT2D eigenvalue weighted by molar-refractivity contribution is 0.815. The minimum atomic E-state index is 1.15. The summed E-state index contributed by atoms with van der Waals surface area (Å²) < 4.78 is 0. The van der Waals surface area contributed by atoms with E-state index < -0.39 is 0 Å². The topological polar surface area (TPSA) is 0 Å². The number of hydrogen-bond donors (Lipinski definition) is 0. The van der Waals surface area contributed by atoms with Crippen molar-refractivity contribution >= 4 is 5.57 Å². The Morgan fingerprint density at radius 2 is 1.53 bits per heavy atom. The lowest BCUT2D eigenvalue weighted by Gasteiger charge is -2.09. The molecule has 0 aliphatic heterocycles. The molecule has 2 aromatic carbocycles. The van der Waals surface area contributed by atoms with Crippen molar-refractivity contribution in [1.29, 1.82) is 0 Å². The summed E-state index contributed by atoms with van der Waals surface area (Å²) in [5, 5.41) is 0. The molecule has 0 heterocycles. The van der Waals surface area contributed by atoms with Gasteiger partial charge < -0.3 is 0 Å². The fraction of sp³-hybridized carbons (Fsp3) is 0.263. The van der Waals surface area contributed by atoms with Gasteiger partial charge in [-0.15, -0.1) is 0 Å². The Morgan fingerprint density at radius 1 is 0.895 bits per heavy atom. The molecular weight excluding hydrogens is 228 g/mol. The highest BCUT2D eigenvalue weighted by atomic mass is 14.1. The third-order valence-electron chi connectivity index (χ3n) is 3.35.